The Morgan fingerprint density at radius 1 is 1.05 bits per heavy atom. The van der Waals surface area contributed by atoms with Crippen molar-refractivity contribution in [2.75, 3.05) is 45.2 Å². The first-order valence-electron chi connectivity index (χ1n) is 14.5. The molecule has 6 atom stereocenters. The van der Waals surface area contributed by atoms with E-state index in [0.29, 0.717) is 19.6 Å². The number of piperidine rings is 1. The standard InChI is InChI=1S/C28H40N8O3/c1-33-13-10-18-6-7-20(14-19(18)16-33)30-28-29-15-21-25(32-28)36-23-9-8-22-26(31-23)34(24(37)17-39-22)11-4-2-3-5-12-35(36)27(21)38/h3,5-7,14,21-23,25-26,28-32H,2,4,8-13,15-17H2,1H3/b5-3-. The van der Waals surface area contributed by atoms with E-state index in [1.54, 1.807) is 0 Å². The number of amides is 2. The Kier molecular flexibility index (Phi) is 6.82. The van der Waals surface area contributed by atoms with Gasteiger partial charge in [-0.05, 0) is 62.4 Å². The Hall–Kier alpha value is -2.54. The molecule has 2 bridgehead atoms. The molecule has 1 aromatic carbocycles. The SMILES string of the molecule is CN1CCc2ccc(NC3NCC4C(=O)N5C/C=C\CCCN6C(=O)COC7CCC(NC76)N5C4N3)cc2C1. The van der Waals surface area contributed by atoms with Gasteiger partial charge in [0.15, 0.2) is 0 Å². The summed E-state index contributed by atoms with van der Waals surface area (Å²) in [5.41, 5.74) is 3.86. The van der Waals surface area contributed by atoms with E-state index in [1.165, 1.54) is 11.1 Å². The van der Waals surface area contributed by atoms with Gasteiger partial charge in [-0.15, -0.1) is 0 Å². The molecule has 4 N–H and O–H groups in total. The Morgan fingerprint density at radius 3 is 2.90 bits per heavy atom. The summed E-state index contributed by atoms with van der Waals surface area (Å²) in [6.07, 6.45) is 8.18. The average molecular weight is 537 g/mol. The molecule has 7 rings (SSSR count). The second-order valence-electron chi connectivity index (χ2n) is 11.7. The van der Waals surface area contributed by atoms with Crippen LogP contribution in [0.25, 0.3) is 0 Å². The summed E-state index contributed by atoms with van der Waals surface area (Å²) in [6.45, 7) is 4.07. The summed E-state index contributed by atoms with van der Waals surface area (Å²) >= 11 is 0. The number of nitrogens with zero attached hydrogens (tertiary/aromatic N) is 4. The molecule has 0 spiro atoms. The first-order valence-corrected chi connectivity index (χ1v) is 14.5. The number of carbonyl (C=O) groups excluding carboxylic acids is 2. The van der Waals surface area contributed by atoms with Gasteiger partial charge in [0.2, 0.25) is 11.8 Å². The fraction of sp³-hybridized carbons (Fsp3) is 0.643. The van der Waals surface area contributed by atoms with E-state index in [1.807, 2.05) is 9.91 Å². The van der Waals surface area contributed by atoms with Crippen molar-refractivity contribution in [1.29, 1.82) is 0 Å². The van der Waals surface area contributed by atoms with E-state index < -0.39 is 0 Å². The molecule has 210 valence electrons. The molecule has 6 aliphatic heterocycles. The first-order chi connectivity index (χ1) is 19.0. The van der Waals surface area contributed by atoms with Crippen LogP contribution in [0.1, 0.15) is 36.8 Å². The largest absolute Gasteiger partial charge is 0.365 e. The molecule has 4 saturated heterocycles. The molecule has 11 heteroatoms. The van der Waals surface area contributed by atoms with Gasteiger partial charge in [0.25, 0.3) is 0 Å². The highest BCUT2D eigenvalue weighted by atomic mass is 16.5. The van der Waals surface area contributed by atoms with Gasteiger partial charge in [-0.3, -0.25) is 30.5 Å². The Labute approximate surface area is 229 Å². The second-order valence-corrected chi connectivity index (χ2v) is 11.7. The van der Waals surface area contributed by atoms with Crippen LogP contribution in [0.4, 0.5) is 5.69 Å². The number of hydrazine groups is 1. The Bertz CT molecular complexity index is 1150. The van der Waals surface area contributed by atoms with Gasteiger partial charge in [-0.2, -0.15) is 5.01 Å². The van der Waals surface area contributed by atoms with Crippen LogP contribution in [0, 0.1) is 5.92 Å². The van der Waals surface area contributed by atoms with E-state index in [4.69, 9.17) is 4.74 Å². The van der Waals surface area contributed by atoms with Crippen LogP contribution in [-0.4, -0.2) is 102 Å². The molecule has 4 fully saturated rings. The normalized spacial score (nSPS) is 36.3. The predicted molar refractivity (Wildman–Crippen MR) is 146 cm³/mol. The smallest absolute Gasteiger partial charge is 0.249 e. The number of ether oxygens (including phenoxy) is 1. The number of allylic oxidation sites excluding steroid dienone is 1. The third kappa shape index (κ3) is 4.75. The zero-order valence-corrected chi connectivity index (χ0v) is 22.6. The van der Waals surface area contributed by atoms with Gasteiger partial charge in [0.05, 0.1) is 30.9 Å². The molecular formula is C28H40N8O3. The highest BCUT2D eigenvalue weighted by Gasteiger charge is 2.53. The predicted octanol–water partition coefficient (Wildman–Crippen LogP) is 0.177. The fourth-order valence-corrected chi connectivity index (χ4v) is 7.13. The van der Waals surface area contributed by atoms with E-state index in [-0.39, 0.29) is 55.2 Å². The lowest BCUT2D eigenvalue weighted by atomic mass is 9.99. The molecule has 6 aliphatic rings. The van der Waals surface area contributed by atoms with Crippen LogP contribution in [-0.2, 0) is 27.3 Å². The number of anilines is 1. The van der Waals surface area contributed by atoms with Gasteiger partial charge in [-0.1, -0.05) is 18.2 Å². The minimum absolute atomic E-state index is 0.0153. The topological polar surface area (TPSA) is 104 Å². The highest BCUT2D eigenvalue weighted by molar-refractivity contribution is 5.82. The highest BCUT2D eigenvalue weighted by Crippen LogP contribution is 2.33. The van der Waals surface area contributed by atoms with Crippen LogP contribution in [0.3, 0.4) is 0 Å². The maximum Gasteiger partial charge on any atom is 0.249 e. The van der Waals surface area contributed by atoms with Crippen molar-refractivity contribution < 1.29 is 14.3 Å². The molecule has 0 aliphatic carbocycles. The van der Waals surface area contributed by atoms with Crippen LogP contribution in [0.15, 0.2) is 30.4 Å². The van der Waals surface area contributed by atoms with Crippen molar-refractivity contribution in [3.8, 4) is 0 Å². The van der Waals surface area contributed by atoms with Crippen molar-refractivity contribution in [3.63, 3.8) is 0 Å². The Morgan fingerprint density at radius 2 is 1.97 bits per heavy atom. The van der Waals surface area contributed by atoms with E-state index >= 15 is 0 Å². The lowest BCUT2D eigenvalue weighted by molar-refractivity contribution is -0.176. The number of nitrogens with one attached hydrogen (secondary N) is 4. The molecule has 6 unspecified atom stereocenters. The van der Waals surface area contributed by atoms with Gasteiger partial charge >= 0.3 is 0 Å². The molecule has 0 aromatic heterocycles. The van der Waals surface area contributed by atoms with Crippen molar-refractivity contribution >= 4 is 17.5 Å². The lowest BCUT2D eigenvalue weighted by Crippen LogP contribution is -2.72. The van der Waals surface area contributed by atoms with Crippen LogP contribution in [0.2, 0.25) is 0 Å². The minimum atomic E-state index is -0.196. The van der Waals surface area contributed by atoms with Crippen LogP contribution < -0.4 is 21.3 Å². The summed E-state index contributed by atoms with van der Waals surface area (Å²) in [5.74, 6) is -0.0227. The summed E-state index contributed by atoms with van der Waals surface area (Å²) in [4.78, 5) is 30.8. The number of morpholine rings is 1. The monoisotopic (exact) mass is 536 g/mol. The molecule has 6 heterocycles. The molecule has 39 heavy (non-hydrogen) atoms. The van der Waals surface area contributed by atoms with Crippen LogP contribution in [0.5, 0.6) is 0 Å². The maximum absolute atomic E-state index is 13.7. The number of fused-ring (bicyclic) bond motifs is 6. The van der Waals surface area contributed by atoms with Gasteiger partial charge in [0.1, 0.15) is 19.1 Å². The van der Waals surface area contributed by atoms with Gasteiger partial charge in [0, 0.05) is 31.9 Å². The zero-order valence-electron chi connectivity index (χ0n) is 22.6. The van der Waals surface area contributed by atoms with E-state index in [0.717, 1.165) is 50.9 Å². The number of hydrogen-bond acceptors (Lipinski definition) is 9. The summed E-state index contributed by atoms with van der Waals surface area (Å²) in [7, 11) is 2.17. The average Bonchev–Trinajstić information content (AvgIpc) is 3.20. The minimum Gasteiger partial charge on any atom is -0.365 e. The fourth-order valence-electron chi connectivity index (χ4n) is 7.13. The van der Waals surface area contributed by atoms with Crippen molar-refractivity contribution in [1.82, 2.24) is 35.8 Å². The number of hydrogen-bond donors (Lipinski definition) is 4. The third-order valence-electron chi connectivity index (χ3n) is 9.17. The molecule has 0 saturated carbocycles. The summed E-state index contributed by atoms with van der Waals surface area (Å²) < 4.78 is 5.93. The van der Waals surface area contributed by atoms with Crippen molar-refractivity contribution in [2.45, 2.75) is 69.5 Å². The van der Waals surface area contributed by atoms with Crippen LogP contribution >= 0.6 is 0 Å². The van der Waals surface area contributed by atoms with Gasteiger partial charge < -0.3 is 19.9 Å². The Balaban J connectivity index is 1.13. The summed E-state index contributed by atoms with van der Waals surface area (Å²) in [5, 5.41) is 18.7. The number of benzene rings is 1. The molecule has 2 amide bonds. The van der Waals surface area contributed by atoms with Crippen molar-refractivity contribution in [3.05, 3.63) is 41.5 Å². The molecule has 11 nitrogen and oxygen atoms in total. The number of carbonyl (C=O) groups is 2. The second kappa shape index (κ2) is 10.5. The van der Waals surface area contributed by atoms with Gasteiger partial charge in [-0.25, -0.2) is 0 Å². The molecule has 0 radical (unpaired) electrons. The first kappa shape index (κ1) is 25.4. The molecular weight excluding hydrogens is 496 g/mol. The molecule has 1 aromatic rings. The van der Waals surface area contributed by atoms with Crippen molar-refractivity contribution in [2.24, 2.45) is 5.92 Å². The quantitative estimate of drug-likeness (QED) is 0.394. The lowest BCUT2D eigenvalue weighted by Gasteiger charge is -2.50. The maximum atomic E-state index is 13.7. The number of rotatable bonds is 2. The summed E-state index contributed by atoms with van der Waals surface area (Å²) in [6, 6.07) is 6.65. The zero-order chi connectivity index (χ0) is 26.5. The third-order valence-corrected chi connectivity index (χ3v) is 9.17. The number of likely N-dealkylation sites (N-methyl/N-ethyl adjacent to an activating group) is 1. The van der Waals surface area contributed by atoms with E-state index in [2.05, 4.69) is 68.6 Å². The van der Waals surface area contributed by atoms with E-state index in [9.17, 15) is 9.59 Å².